The standard InChI is InChI=1S/C33H43N5O8/c1-20-10-22(30(43)26(12-20)35-32(45)28(41)18-39)14-37-8-3-4-9-38(17-25-7-5-6-24(16-37)34-25)15-23-11-21(2)13-27(31(23)44)36-33(46)29(42)19-40/h5-7,10-13,28-29,39-44H,3-4,8-9,14-19H2,1-2H3,(H,35,45)(H,36,46). The fourth-order valence-corrected chi connectivity index (χ4v) is 5.48. The number of amides is 2. The van der Waals surface area contributed by atoms with Gasteiger partial charge in [-0.3, -0.25) is 24.4 Å². The minimum atomic E-state index is -1.60. The van der Waals surface area contributed by atoms with E-state index in [0.29, 0.717) is 50.4 Å². The van der Waals surface area contributed by atoms with Gasteiger partial charge in [0, 0.05) is 37.3 Å². The molecular weight excluding hydrogens is 594 g/mol. The molecule has 2 bridgehead atoms. The van der Waals surface area contributed by atoms with E-state index in [4.69, 9.17) is 15.2 Å². The highest BCUT2D eigenvalue weighted by Gasteiger charge is 2.21. The van der Waals surface area contributed by atoms with Gasteiger partial charge in [0.25, 0.3) is 11.8 Å². The van der Waals surface area contributed by atoms with E-state index >= 15 is 0 Å². The number of carbonyl (C=O) groups is 2. The smallest absolute Gasteiger partial charge is 0.255 e. The number of aliphatic hydroxyl groups excluding tert-OH is 4. The van der Waals surface area contributed by atoms with E-state index in [1.54, 1.807) is 12.1 Å². The number of aromatic hydroxyl groups is 2. The molecule has 2 unspecified atom stereocenters. The summed E-state index contributed by atoms with van der Waals surface area (Å²) < 4.78 is 0. The van der Waals surface area contributed by atoms with Crippen molar-refractivity contribution in [3.05, 3.63) is 76.1 Å². The number of aryl methyl sites for hydroxylation is 2. The number of phenols is 2. The number of carbonyl (C=O) groups excluding carboxylic acids is 2. The Morgan fingerprint density at radius 1 is 0.761 bits per heavy atom. The number of fused-ring (bicyclic) bond motifs is 2. The minimum Gasteiger partial charge on any atom is -0.505 e. The lowest BCUT2D eigenvalue weighted by molar-refractivity contribution is -0.126. The Morgan fingerprint density at radius 2 is 1.17 bits per heavy atom. The lowest BCUT2D eigenvalue weighted by Crippen LogP contribution is -2.30. The molecule has 3 aromatic rings. The van der Waals surface area contributed by atoms with Crippen LogP contribution in [-0.4, -0.2) is 95.7 Å². The number of benzene rings is 2. The first kappa shape index (κ1) is 34.8. The number of rotatable bonds is 10. The summed E-state index contributed by atoms with van der Waals surface area (Å²) in [7, 11) is 0. The van der Waals surface area contributed by atoms with Gasteiger partial charge in [-0.1, -0.05) is 18.2 Å². The van der Waals surface area contributed by atoms with Crippen molar-refractivity contribution in [3.8, 4) is 11.5 Å². The van der Waals surface area contributed by atoms with Crippen LogP contribution in [0.15, 0.2) is 42.5 Å². The van der Waals surface area contributed by atoms with Crippen LogP contribution in [0.5, 0.6) is 11.5 Å². The number of pyridine rings is 1. The zero-order valence-electron chi connectivity index (χ0n) is 26.1. The molecule has 0 aliphatic carbocycles. The van der Waals surface area contributed by atoms with Crippen LogP contribution in [0.25, 0.3) is 0 Å². The van der Waals surface area contributed by atoms with Crippen LogP contribution < -0.4 is 10.6 Å². The summed E-state index contributed by atoms with van der Waals surface area (Å²) in [5, 5.41) is 64.5. The first-order valence-corrected chi connectivity index (χ1v) is 15.2. The van der Waals surface area contributed by atoms with E-state index in [-0.39, 0.29) is 22.9 Å². The zero-order valence-corrected chi connectivity index (χ0v) is 26.1. The van der Waals surface area contributed by atoms with Gasteiger partial charge in [0.05, 0.1) is 36.0 Å². The summed E-state index contributed by atoms with van der Waals surface area (Å²) in [6.45, 7) is 5.41. The number of phenolic OH excluding ortho intramolecular Hbond substituents is 2. The lowest BCUT2D eigenvalue weighted by Gasteiger charge is -2.24. The predicted molar refractivity (Wildman–Crippen MR) is 171 cm³/mol. The third-order valence-electron chi connectivity index (χ3n) is 7.76. The molecule has 1 aromatic heterocycles. The van der Waals surface area contributed by atoms with Gasteiger partial charge in [-0.25, -0.2) is 0 Å². The number of nitrogens with one attached hydrogen (secondary N) is 2. The quantitative estimate of drug-likeness (QED) is 0.150. The Hall–Kier alpha value is -4.11. The van der Waals surface area contributed by atoms with Crippen LogP contribution >= 0.6 is 0 Å². The fourth-order valence-electron chi connectivity index (χ4n) is 5.48. The molecule has 248 valence electrons. The van der Waals surface area contributed by atoms with Crippen LogP contribution in [0, 0.1) is 13.8 Å². The van der Waals surface area contributed by atoms with Gasteiger partial charge in [0.1, 0.15) is 11.5 Å². The Kier molecular flexibility index (Phi) is 12.0. The number of nitrogens with zero attached hydrogens (tertiary/aromatic N) is 3. The van der Waals surface area contributed by atoms with Crippen LogP contribution in [-0.2, 0) is 35.8 Å². The highest BCUT2D eigenvalue weighted by Crippen LogP contribution is 2.32. The first-order chi connectivity index (χ1) is 22.0. The van der Waals surface area contributed by atoms with Gasteiger partial charge in [-0.15, -0.1) is 0 Å². The highest BCUT2D eigenvalue weighted by atomic mass is 16.3. The Bertz CT molecular complexity index is 1430. The monoisotopic (exact) mass is 637 g/mol. The van der Waals surface area contributed by atoms with Crippen LogP contribution in [0.1, 0.15) is 46.5 Å². The van der Waals surface area contributed by atoms with Gasteiger partial charge in [-0.05, 0) is 75.2 Å². The number of aliphatic hydroxyl groups is 4. The maximum absolute atomic E-state index is 12.2. The van der Waals surface area contributed by atoms with Crippen LogP contribution in [0.2, 0.25) is 0 Å². The molecule has 13 heteroatoms. The number of aromatic nitrogens is 1. The summed E-state index contributed by atoms with van der Waals surface area (Å²) >= 11 is 0. The molecule has 46 heavy (non-hydrogen) atoms. The maximum atomic E-state index is 12.2. The summed E-state index contributed by atoms with van der Waals surface area (Å²) in [4.78, 5) is 33.6. The normalized spacial score (nSPS) is 15.9. The Balaban J connectivity index is 1.51. The van der Waals surface area contributed by atoms with E-state index < -0.39 is 37.2 Å². The van der Waals surface area contributed by atoms with Crippen molar-refractivity contribution in [2.24, 2.45) is 0 Å². The molecule has 8 N–H and O–H groups in total. The molecule has 2 atom stereocenters. The first-order valence-electron chi connectivity index (χ1n) is 15.2. The third-order valence-corrected chi connectivity index (χ3v) is 7.76. The number of hydrogen-bond donors (Lipinski definition) is 8. The maximum Gasteiger partial charge on any atom is 0.255 e. The van der Waals surface area contributed by atoms with Crippen molar-refractivity contribution in [2.45, 2.75) is 65.1 Å². The van der Waals surface area contributed by atoms with E-state index in [0.717, 1.165) is 35.4 Å². The Labute approximate surface area is 267 Å². The largest absolute Gasteiger partial charge is 0.505 e. The third kappa shape index (κ3) is 9.22. The van der Waals surface area contributed by atoms with E-state index in [2.05, 4.69) is 20.4 Å². The topological polar surface area (TPSA) is 199 Å². The molecule has 1 aliphatic heterocycles. The molecule has 2 aromatic carbocycles. The molecule has 2 heterocycles. The van der Waals surface area contributed by atoms with Crippen LogP contribution in [0.3, 0.4) is 0 Å². The van der Waals surface area contributed by atoms with E-state index in [9.17, 15) is 30.0 Å². The van der Waals surface area contributed by atoms with E-state index in [1.165, 1.54) is 0 Å². The fraction of sp³-hybridized carbons (Fsp3) is 0.424. The second-order valence-corrected chi connectivity index (χ2v) is 11.8. The predicted octanol–water partition coefficient (Wildman–Crippen LogP) is 1.49. The molecule has 0 saturated carbocycles. The van der Waals surface area contributed by atoms with Crippen molar-refractivity contribution in [3.63, 3.8) is 0 Å². The van der Waals surface area contributed by atoms with Crippen molar-refractivity contribution >= 4 is 23.2 Å². The molecule has 0 saturated heterocycles. The molecular formula is C33H43N5O8. The summed E-state index contributed by atoms with van der Waals surface area (Å²) in [6.07, 6.45) is -1.55. The summed E-state index contributed by atoms with van der Waals surface area (Å²) in [5.74, 6) is -1.83. The summed E-state index contributed by atoms with van der Waals surface area (Å²) in [5.41, 5.74) is 4.83. The zero-order chi connectivity index (χ0) is 33.4. The van der Waals surface area contributed by atoms with Crippen molar-refractivity contribution in [2.75, 3.05) is 36.9 Å². The molecule has 0 radical (unpaired) electrons. The average molecular weight is 638 g/mol. The minimum absolute atomic E-state index is 0.106. The van der Waals surface area contributed by atoms with Gasteiger partial charge >= 0.3 is 0 Å². The van der Waals surface area contributed by atoms with Gasteiger partial charge < -0.3 is 41.3 Å². The number of anilines is 2. The van der Waals surface area contributed by atoms with E-state index in [1.807, 2.05) is 44.2 Å². The molecule has 4 rings (SSSR count). The molecule has 1 aliphatic rings. The van der Waals surface area contributed by atoms with Crippen molar-refractivity contribution in [1.82, 2.24) is 14.8 Å². The average Bonchev–Trinajstić information content (AvgIpc) is 3.04. The SMILES string of the molecule is Cc1cc(CN2CCCCN(Cc3cc(C)cc(NC(=O)C(O)CO)c3O)Cc3cccc(n3)C2)c(O)c(NC(=O)C(O)CO)c1. The van der Waals surface area contributed by atoms with Gasteiger partial charge in [0.2, 0.25) is 0 Å². The van der Waals surface area contributed by atoms with Crippen molar-refractivity contribution in [1.29, 1.82) is 0 Å². The molecule has 2 amide bonds. The Morgan fingerprint density at radius 3 is 1.57 bits per heavy atom. The van der Waals surface area contributed by atoms with Crippen LogP contribution in [0.4, 0.5) is 11.4 Å². The van der Waals surface area contributed by atoms with Gasteiger partial charge in [0.15, 0.2) is 12.2 Å². The van der Waals surface area contributed by atoms with Gasteiger partial charge in [-0.2, -0.15) is 0 Å². The molecule has 0 fully saturated rings. The molecule has 0 spiro atoms. The second-order valence-electron chi connectivity index (χ2n) is 11.8. The number of hydrogen-bond acceptors (Lipinski definition) is 11. The highest BCUT2D eigenvalue weighted by molar-refractivity contribution is 5.96. The lowest BCUT2D eigenvalue weighted by atomic mass is 10.1. The second kappa shape index (κ2) is 15.9. The summed E-state index contributed by atoms with van der Waals surface area (Å²) in [6, 6.07) is 12.7. The van der Waals surface area contributed by atoms with Crippen molar-refractivity contribution < 1.29 is 40.2 Å². The molecule has 13 nitrogen and oxygen atoms in total.